The van der Waals surface area contributed by atoms with Gasteiger partial charge in [0.2, 0.25) is 5.91 Å². The Morgan fingerprint density at radius 3 is 2.63 bits per heavy atom. The average Bonchev–Trinajstić information content (AvgIpc) is 3.01. The van der Waals surface area contributed by atoms with E-state index in [2.05, 4.69) is 15.5 Å². The number of halogens is 2. The Labute approximate surface area is 166 Å². The van der Waals surface area contributed by atoms with E-state index >= 15 is 0 Å². The van der Waals surface area contributed by atoms with Crippen LogP contribution in [0.5, 0.6) is 0 Å². The molecule has 0 aliphatic rings. The van der Waals surface area contributed by atoms with Crippen LogP contribution >= 0.6 is 23.4 Å². The maximum atomic E-state index is 13.0. The van der Waals surface area contributed by atoms with Gasteiger partial charge in [-0.3, -0.25) is 4.79 Å². The Morgan fingerprint density at radius 2 is 1.93 bits per heavy atom. The summed E-state index contributed by atoms with van der Waals surface area (Å²) in [5, 5.41) is 12.4. The summed E-state index contributed by atoms with van der Waals surface area (Å²) in [6.45, 7) is 1.85. The predicted molar refractivity (Wildman–Crippen MR) is 105 cm³/mol. The third kappa shape index (κ3) is 4.67. The highest BCUT2D eigenvalue weighted by Crippen LogP contribution is 2.28. The Morgan fingerprint density at radius 1 is 1.22 bits per heavy atom. The first kappa shape index (κ1) is 19.4. The van der Waals surface area contributed by atoms with Gasteiger partial charge in [0, 0.05) is 12.6 Å². The molecule has 0 spiro atoms. The SMILES string of the molecule is CC(NC(=O)CSc1nnc(-c2ccccc2Cl)n1C)c1ccc(F)cc1. The van der Waals surface area contributed by atoms with Crippen LogP contribution in [0, 0.1) is 5.82 Å². The molecule has 1 atom stereocenters. The third-order valence-corrected chi connectivity index (χ3v) is 5.38. The van der Waals surface area contributed by atoms with Crippen molar-refractivity contribution in [2.75, 3.05) is 5.75 Å². The summed E-state index contributed by atoms with van der Waals surface area (Å²) >= 11 is 7.51. The predicted octanol–water partition coefficient (Wildman–Crippen LogP) is 4.24. The van der Waals surface area contributed by atoms with E-state index in [4.69, 9.17) is 11.6 Å². The van der Waals surface area contributed by atoms with Crippen LogP contribution in [0.1, 0.15) is 18.5 Å². The van der Waals surface area contributed by atoms with Crippen molar-refractivity contribution in [1.82, 2.24) is 20.1 Å². The van der Waals surface area contributed by atoms with E-state index in [9.17, 15) is 9.18 Å². The lowest BCUT2D eigenvalue weighted by atomic mass is 10.1. The number of hydrogen-bond acceptors (Lipinski definition) is 4. The lowest BCUT2D eigenvalue weighted by molar-refractivity contribution is -0.119. The molecule has 0 fully saturated rings. The summed E-state index contributed by atoms with van der Waals surface area (Å²) in [6, 6.07) is 13.3. The standard InChI is InChI=1S/C19H18ClFN4OS/c1-12(13-7-9-14(21)10-8-13)22-17(26)11-27-19-24-23-18(25(19)2)15-5-3-4-6-16(15)20/h3-10,12H,11H2,1-2H3,(H,22,26). The quantitative estimate of drug-likeness (QED) is 0.624. The van der Waals surface area contributed by atoms with Crippen LogP contribution in [0.2, 0.25) is 5.02 Å². The van der Waals surface area contributed by atoms with Gasteiger partial charge in [0.05, 0.1) is 16.8 Å². The lowest BCUT2D eigenvalue weighted by Crippen LogP contribution is -2.28. The highest BCUT2D eigenvalue weighted by molar-refractivity contribution is 7.99. The van der Waals surface area contributed by atoms with Crippen LogP contribution in [0.15, 0.2) is 53.7 Å². The molecule has 5 nitrogen and oxygen atoms in total. The molecular formula is C19H18ClFN4OS. The van der Waals surface area contributed by atoms with Gasteiger partial charge in [-0.1, -0.05) is 47.6 Å². The van der Waals surface area contributed by atoms with Crippen molar-refractivity contribution in [3.8, 4) is 11.4 Å². The van der Waals surface area contributed by atoms with Crippen molar-refractivity contribution in [2.45, 2.75) is 18.1 Å². The zero-order valence-corrected chi connectivity index (χ0v) is 16.4. The van der Waals surface area contributed by atoms with Crippen LogP contribution in [0.3, 0.4) is 0 Å². The number of hydrogen-bond donors (Lipinski definition) is 1. The van der Waals surface area contributed by atoms with E-state index in [1.165, 1.54) is 23.9 Å². The van der Waals surface area contributed by atoms with Gasteiger partial charge in [0.15, 0.2) is 11.0 Å². The normalized spacial score (nSPS) is 12.0. The van der Waals surface area contributed by atoms with E-state index < -0.39 is 0 Å². The summed E-state index contributed by atoms with van der Waals surface area (Å²) in [4.78, 5) is 12.2. The molecule has 140 valence electrons. The molecule has 1 amide bonds. The smallest absolute Gasteiger partial charge is 0.230 e. The third-order valence-electron chi connectivity index (χ3n) is 4.03. The number of rotatable bonds is 6. The zero-order valence-electron chi connectivity index (χ0n) is 14.8. The highest BCUT2D eigenvalue weighted by atomic mass is 35.5. The van der Waals surface area contributed by atoms with Gasteiger partial charge in [-0.05, 0) is 36.8 Å². The maximum Gasteiger partial charge on any atom is 0.230 e. The summed E-state index contributed by atoms with van der Waals surface area (Å²) in [5.41, 5.74) is 1.63. The summed E-state index contributed by atoms with van der Waals surface area (Å²) in [7, 11) is 1.83. The minimum Gasteiger partial charge on any atom is -0.349 e. The summed E-state index contributed by atoms with van der Waals surface area (Å²) < 4.78 is 14.8. The first-order valence-corrected chi connectivity index (χ1v) is 9.64. The fraction of sp³-hybridized carbons (Fsp3) is 0.211. The second-order valence-electron chi connectivity index (χ2n) is 5.97. The van der Waals surface area contributed by atoms with Crippen LogP contribution < -0.4 is 5.32 Å². The largest absolute Gasteiger partial charge is 0.349 e. The van der Waals surface area contributed by atoms with Crippen LogP contribution in [-0.4, -0.2) is 26.4 Å². The molecule has 1 aromatic heterocycles. The molecule has 0 aliphatic carbocycles. The topological polar surface area (TPSA) is 59.8 Å². The first-order valence-electron chi connectivity index (χ1n) is 8.27. The first-order chi connectivity index (χ1) is 13.0. The number of nitrogens with one attached hydrogen (secondary N) is 1. The molecule has 3 aromatic rings. The Bertz CT molecular complexity index is 945. The second-order valence-corrected chi connectivity index (χ2v) is 7.32. The van der Waals surface area contributed by atoms with E-state index in [1.807, 2.05) is 36.7 Å². The minimum absolute atomic E-state index is 0.140. The Hall–Kier alpha value is -2.38. The highest BCUT2D eigenvalue weighted by Gasteiger charge is 2.16. The van der Waals surface area contributed by atoms with E-state index in [1.54, 1.807) is 18.2 Å². The molecule has 1 unspecified atom stereocenters. The monoisotopic (exact) mass is 404 g/mol. The maximum absolute atomic E-state index is 13.0. The molecule has 2 aromatic carbocycles. The minimum atomic E-state index is -0.301. The number of nitrogens with zero attached hydrogens (tertiary/aromatic N) is 3. The zero-order chi connectivity index (χ0) is 19.4. The van der Waals surface area contributed by atoms with E-state index in [0.29, 0.717) is 16.0 Å². The van der Waals surface area contributed by atoms with Gasteiger partial charge >= 0.3 is 0 Å². The fourth-order valence-electron chi connectivity index (χ4n) is 2.57. The van der Waals surface area contributed by atoms with Crippen LogP contribution in [0.25, 0.3) is 11.4 Å². The van der Waals surface area contributed by atoms with Gasteiger partial charge in [-0.2, -0.15) is 0 Å². The van der Waals surface area contributed by atoms with Crippen molar-refractivity contribution in [2.24, 2.45) is 7.05 Å². The average molecular weight is 405 g/mol. The molecular weight excluding hydrogens is 387 g/mol. The van der Waals surface area contributed by atoms with Gasteiger partial charge in [0.25, 0.3) is 0 Å². The molecule has 1 N–H and O–H groups in total. The summed E-state index contributed by atoms with van der Waals surface area (Å²) in [6.07, 6.45) is 0. The molecule has 0 radical (unpaired) electrons. The van der Waals surface area contributed by atoms with Crippen molar-refractivity contribution in [1.29, 1.82) is 0 Å². The number of amides is 1. The molecule has 3 rings (SSSR count). The molecule has 0 saturated heterocycles. The number of carbonyl (C=O) groups is 1. The van der Waals surface area contributed by atoms with Crippen LogP contribution in [0.4, 0.5) is 4.39 Å². The molecule has 1 heterocycles. The number of aromatic nitrogens is 3. The molecule has 0 aliphatic heterocycles. The summed E-state index contributed by atoms with van der Waals surface area (Å²) in [5.74, 6) is 0.395. The van der Waals surface area contributed by atoms with Gasteiger partial charge in [-0.25, -0.2) is 4.39 Å². The van der Waals surface area contributed by atoms with Gasteiger partial charge in [-0.15, -0.1) is 10.2 Å². The van der Waals surface area contributed by atoms with Crippen molar-refractivity contribution in [3.63, 3.8) is 0 Å². The molecule has 0 bridgehead atoms. The van der Waals surface area contributed by atoms with Crippen LogP contribution in [-0.2, 0) is 11.8 Å². The number of carbonyl (C=O) groups excluding carboxylic acids is 1. The van der Waals surface area contributed by atoms with Gasteiger partial charge in [0.1, 0.15) is 5.82 Å². The van der Waals surface area contributed by atoms with E-state index in [0.717, 1.165) is 11.1 Å². The Kier molecular flexibility index (Phi) is 6.13. The second kappa shape index (κ2) is 8.54. The van der Waals surface area contributed by atoms with Crippen molar-refractivity contribution >= 4 is 29.3 Å². The van der Waals surface area contributed by atoms with Gasteiger partial charge < -0.3 is 9.88 Å². The van der Waals surface area contributed by atoms with E-state index in [-0.39, 0.29) is 23.5 Å². The van der Waals surface area contributed by atoms with Crippen molar-refractivity contribution < 1.29 is 9.18 Å². The number of benzene rings is 2. The van der Waals surface area contributed by atoms with Crippen molar-refractivity contribution in [3.05, 3.63) is 64.9 Å². The molecule has 0 saturated carbocycles. The molecule has 8 heteroatoms. The Balaban J connectivity index is 1.61. The molecule has 27 heavy (non-hydrogen) atoms. The number of thioether (sulfide) groups is 1. The fourth-order valence-corrected chi connectivity index (χ4v) is 3.51. The lowest BCUT2D eigenvalue weighted by Gasteiger charge is -2.14.